The Kier molecular flexibility index (Phi) is 2.59. The standard InChI is InChI=1S/C7H10O3/c1-2-3-6(8)7-9-4-5-10-7/h2-3,7H,4-5H2,1H3/b3-2+. The number of ketones is 1. The van der Waals surface area contributed by atoms with E-state index in [0.717, 1.165) is 0 Å². The average Bonchev–Trinajstić information content (AvgIpc) is 2.38. The highest BCUT2D eigenvalue weighted by Crippen LogP contribution is 2.04. The Hall–Kier alpha value is -0.670. The monoisotopic (exact) mass is 142 g/mol. The van der Waals surface area contributed by atoms with Crippen molar-refractivity contribution in [1.29, 1.82) is 0 Å². The third kappa shape index (κ3) is 1.65. The van der Waals surface area contributed by atoms with Gasteiger partial charge >= 0.3 is 0 Å². The van der Waals surface area contributed by atoms with Crippen LogP contribution in [-0.2, 0) is 14.3 Å². The summed E-state index contributed by atoms with van der Waals surface area (Å²) in [5.41, 5.74) is 0. The van der Waals surface area contributed by atoms with Crippen LogP contribution in [0.15, 0.2) is 12.2 Å². The number of ether oxygens (including phenoxy) is 2. The first-order valence-corrected chi connectivity index (χ1v) is 3.24. The zero-order valence-corrected chi connectivity index (χ0v) is 5.87. The highest BCUT2D eigenvalue weighted by Gasteiger charge is 2.21. The summed E-state index contributed by atoms with van der Waals surface area (Å²) in [7, 11) is 0. The molecule has 0 atom stereocenters. The summed E-state index contributed by atoms with van der Waals surface area (Å²) in [5.74, 6) is -0.111. The molecule has 10 heavy (non-hydrogen) atoms. The molecule has 0 amide bonds. The molecule has 3 heteroatoms. The third-order valence-electron chi connectivity index (χ3n) is 1.19. The second-order valence-electron chi connectivity index (χ2n) is 1.98. The first-order valence-electron chi connectivity index (χ1n) is 3.24. The number of rotatable bonds is 2. The Bertz CT molecular complexity index is 145. The minimum Gasteiger partial charge on any atom is -0.343 e. The fourth-order valence-electron chi connectivity index (χ4n) is 0.766. The van der Waals surface area contributed by atoms with Gasteiger partial charge in [0, 0.05) is 0 Å². The summed E-state index contributed by atoms with van der Waals surface area (Å²) >= 11 is 0. The van der Waals surface area contributed by atoms with E-state index >= 15 is 0 Å². The Morgan fingerprint density at radius 2 is 2.10 bits per heavy atom. The van der Waals surface area contributed by atoms with Gasteiger partial charge in [-0.2, -0.15) is 0 Å². The van der Waals surface area contributed by atoms with Crippen molar-refractivity contribution in [3.8, 4) is 0 Å². The van der Waals surface area contributed by atoms with Gasteiger partial charge in [-0.05, 0) is 13.0 Å². The second kappa shape index (κ2) is 3.49. The molecule has 0 aromatic rings. The lowest BCUT2D eigenvalue weighted by Crippen LogP contribution is -2.18. The minimum absolute atomic E-state index is 0.111. The fourth-order valence-corrected chi connectivity index (χ4v) is 0.766. The van der Waals surface area contributed by atoms with Crippen molar-refractivity contribution in [2.75, 3.05) is 13.2 Å². The molecular weight excluding hydrogens is 132 g/mol. The topological polar surface area (TPSA) is 35.5 Å². The summed E-state index contributed by atoms with van der Waals surface area (Å²) in [6.07, 6.45) is 2.49. The quantitative estimate of drug-likeness (QED) is 0.527. The molecule has 1 heterocycles. The van der Waals surface area contributed by atoms with Crippen LogP contribution in [0.2, 0.25) is 0 Å². The van der Waals surface area contributed by atoms with E-state index in [4.69, 9.17) is 9.47 Å². The van der Waals surface area contributed by atoms with Gasteiger partial charge in [0.15, 0.2) is 0 Å². The number of hydrogen-bond acceptors (Lipinski definition) is 3. The smallest absolute Gasteiger partial charge is 0.222 e. The van der Waals surface area contributed by atoms with Gasteiger partial charge < -0.3 is 9.47 Å². The van der Waals surface area contributed by atoms with E-state index in [1.807, 2.05) is 0 Å². The van der Waals surface area contributed by atoms with E-state index in [1.165, 1.54) is 6.08 Å². The minimum atomic E-state index is -0.642. The molecule has 0 aromatic heterocycles. The number of allylic oxidation sites excluding steroid dienone is 1. The highest BCUT2D eigenvalue weighted by atomic mass is 16.7. The maximum absolute atomic E-state index is 10.9. The average molecular weight is 142 g/mol. The molecule has 1 aliphatic rings. The van der Waals surface area contributed by atoms with Crippen LogP contribution < -0.4 is 0 Å². The molecule has 0 N–H and O–H groups in total. The number of carbonyl (C=O) groups is 1. The van der Waals surface area contributed by atoms with E-state index in [-0.39, 0.29) is 5.78 Å². The normalized spacial score (nSPS) is 20.5. The lowest BCUT2D eigenvalue weighted by Gasteiger charge is -2.01. The molecule has 0 bridgehead atoms. The molecule has 0 saturated carbocycles. The lowest BCUT2D eigenvalue weighted by molar-refractivity contribution is -0.138. The Balaban J connectivity index is 2.40. The molecule has 1 aliphatic heterocycles. The predicted octanol–water partition coefficient (Wildman–Crippen LogP) is 0.504. The van der Waals surface area contributed by atoms with Gasteiger partial charge in [-0.1, -0.05) is 6.08 Å². The van der Waals surface area contributed by atoms with Crippen LogP contribution >= 0.6 is 0 Å². The predicted molar refractivity (Wildman–Crippen MR) is 35.5 cm³/mol. The van der Waals surface area contributed by atoms with Gasteiger partial charge in [0.25, 0.3) is 0 Å². The van der Waals surface area contributed by atoms with Crippen LogP contribution in [0.3, 0.4) is 0 Å². The van der Waals surface area contributed by atoms with Crippen LogP contribution in [0.1, 0.15) is 6.92 Å². The molecule has 0 spiro atoms. The van der Waals surface area contributed by atoms with E-state index in [9.17, 15) is 4.79 Å². The van der Waals surface area contributed by atoms with Crippen molar-refractivity contribution in [2.45, 2.75) is 13.2 Å². The van der Waals surface area contributed by atoms with Crippen molar-refractivity contribution in [1.82, 2.24) is 0 Å². The van der Waals surface area contributed by atoms with Gasteiger partial charge in [-0.25, -0.2) is 0 Å². The molecule has 1 saturated heterocycles. The maximum Gasteiger partial charge on any atom is 0.222 e. The van der Waals surface area contributed by atoms with Crippen LogP contribution in [0, 0.1) is 0 Å². The Morgan fingerprint density at radius 1 is 1.50 bits per heavy atom. The summed E-state index contributed by atoms with van der Waals surface area (Å²) in [5, 5.41) is 0. The van der Waals surface area contributed by atoms with E-state index in [0.29, 0.717) is 13.2 Å². The Labute approximate surface area is 59.6 Å². The SMILES string of the molecule is C/C=C/C(=O)C1OCCO1. The van der Waals surface area contributed by atoms with Crippen LogP contribution in [-0.4, -0.2) is 25.3 Å². The van der Waals surface area contributed by atoms with Crippen LogP contribution in [0.5, 0.6) is 0 Å². The van der Waals surface area contributed by atoms with Crippen molar-refractivity contribution in [2.24, 2.45) is 0 Å². The first kappa shape index (κ1) is 7.44. The Morgan fingerprint density at radius 3 is 2.60 bits per heavy atom. The zero-order valence-electron chi connectivity index (χ0n) is 5.87. The van der Waals surface area contributed by atoms with Gasteiger partial charge in [-0.3, -0.25) is 4.79 Å². The third-order valence-corrected chi connectivity index (χ3v) is 1.19. The van der Waals surface area contributed by atoms with Crippen molar-refractivity contribution in [3.63, 3.8) is 0 Å². The molecule has 1 rings (SSSR count). The molecule has 0 radical (unpaired) electrons. The summed E-state index contributed by atoms with van der Waals surface area (Å²) < 4.78 is 9.89. The van der Waals surface area contributed by atoms with Crippen molar-refractivity contribution in [3.05, 3.63) is 12.2 Å². The molecule has 56 valence electrons. The first-order chi connectivity index (χ1) is 4.84. The molecule has 0 aromatic carbocycles. The highest BCUT2D eigenvalue weighted by molar-refractivity contribution is 5.92. The zero-order chi connectivity index (χ0) is 7.40. The van der Waals surface area contributed by atoms with E-state index in [2.05, 4.69) is 0 Å². The van der Waals surface area contributed by atoms with Gasteiger partial charge in [0.2, 0.25) is 12.1 Å². The summed E-state index contributed by atoms with van der Waals surface area (Å²) in [4.78, 5) is 10.9. The molecule has 0 unspecified atom stereocenters. The van der Waals surface area contributed by atoms with E-state index in [1.54, 1.807) is 13.0 Å². The van der Waals surface area contributed by atoms with Gasteiger partial charge in [-0.15, -0.1) is 0 Å². The summed E-state index contributed by atoms with van der Waals surface area (Å²) in [6, 6.07) is 0. The van der Waals surface area contributed by atoms with Gasteiger partial charge in [0.1, 0.15) is 0 Å². The lowest BCUT2D eigenvalue weighted by atomic mass is 10.3. The molecule has 0 aliphatic carbocycles. The van der Waals surface area contributed by atoms with E-state index < -0.39 is 6.29 Å². The molecular formula is C7H10O3. The van der Waals surface area contributed by atoms with Crippen LogP contribution in [0.25, 0.3) is 0 Å². The largest absolute Gasteiger partial charge is 0.343 e. The number of hydrogen-bond donors (Lipinski definition) is 0. The summed E-state index contributed by atoms with van der Waals surface area (Å²) in [6.45, 7) is 2.83. The maximum atomic E-state index is 10.9. The van der Waals surface area contributed by atoms with Crippen molar-refractivity contribution < 1.29 is 14.3 Å². The molecule has 3 nitrogen and oxygen atoms in total. The second-order valence-corrected chi connectivity index (χ2v) is 1.98. The van der Waals surface area contributed by atoms with Crippen molar-refractivity contribution >= 4 is 5.78 Å². The van der Waals surface area contributed by atoms with Gasteiger partial charge in [0.05, 0.1) is 13.2 Å². The van der Waals surface area contributed by atoms with Crippen LogP contribution in [0.4, 0.5) is 0 Å². The fraction of sp³-hybridized carbons (Fsp3) is 0.571. The molecule has 1 fully saturated rings. The number of carbonyl (C=O) groups excluding carboxylic acids is 1.